The summed E-state index contributed by atoms with van der Waals surface area (Å²) in [6.07, 6.45) is -0.691. The molecule has 0 aromatic heterocycles. The van der Waals surface area contributed by atoms with Crippen LogP contribution in [0, 0.1) is 0 Å². The Morgan fingerprint density at radius 2 is 1.89 bits per heavy atom. The maximum atomic E-state index is 11.8. The molecule has 18 heavy (non-hydrogen) atoms. The van der Waals surface area contributed by atoms with Gasteiger partial charge in [-0.15, -0.1) is 0 Å². The smallest absolute Gasteiger partial charge is 0.257 e. The zero-order valence-corrected chi connectivity index (χ0v) is 10.4. The number of hydrogen-bond donors (Lipinski definition) is 3. The van der Waals surface area contributed by atoms with E-state index >= 15 is 0 Å². The summed E-state index contributed by atoms with van der Waals surface area (Å²) in [5, 5.41) is 29.1. The molecule has 1 amide bonds. The average Bonchev–Trinajstić information content (AvgIpc) is 2.47. The number of carbonyl (C=O) groups is 1. The molecule has 5 heteroatoms. The van der Waals surface area contributed by atoms with Crippen LogP contribution in [0.3, 0.4) is 0 Å². The molecule has 1 aromatic rings. The van der Waals surface area contributed by atoms with Crippen molar-refractivity contribution in [1.82, 2.24) is 4.90 Å². The molecule has 0 saturated carbocycles. The van der Waals surface area contributed by atoms with Crippen LogP contribution in [-0.4, -0.2) is 50.9 Å². The van der Waals surface area contributed by atoms with Gasteiger partial charge in [-0.25, -0.2) is 0 Å². The second-order valence-corrected chi connectivity index (χ2v) is 4.95. The Morgan fingerprint density at radius 3 is 2.33 bits per heavy atom. The van der Waals surface area contributed by atoms with Gasteiger partial charge in [0.15, 0.2) is 5.60 Å². The zero-order chi connectivity index (χ0) is 13.5. The Hall–Kier alpha value is -1.59. The van der Waals surface area contributed by atoms with Crippen LogP contribution in [0.25, 0.3) is 0 Å². The number of aliphatic hydroxyl groups is 2. The van der Waals surface area contributed by atoms with E-state index in [9.17, 15) is 20.1 Å². The number of phenols is 1. The first-order valence-electron chi connectivity index (χ1n) is 5.79. The summed E-state index contributed by atoms with van der Waals surface area (Å²) in [5.74, 6) is -0.305. The molecule has 3 atom stereocenters. The second kappa shape index (κ2) is 4.26. The Labute approximate surface area is 105 Å². The van der Waals surface area contributed by atoms with Gasteiger partial charge in [-0.05, 0) is 31.0 Å². The summed E-state index contributed by atoms with van der Waals surface area (Å²) in [4.78, 5) is 13.1. The van der Waals surface area contributed by atoms with E-state index in [2.05, 4.69) is 0 Å². The van der Waals surface area contributed by atoms with Crippen LogP contribution in [-0.2, 0) is 11.2 Å². The van der Waals surface area contributed by atoms with Gasteiger partial charge in [0, 0.05) is 7.05 Å². The number of carbonyl (C=O) groups excluding carboxylic acids is 1. The third-order valence-electron chi connectivity index (χ3n) is 3.57. The number of aliphatic hydroxyl groups excluding tert-OH is 1. The normalized spacial score (nSPS) is 32.0. The quantitative estimate of drug-likeness (QED) is 0.685. The molecule has 0 bridgehead atoms. The standard InChI is InChI=1S/C13H17NO4/c1-13(18)11(16)10(14(2)12(13)17)7-8-3-5-9(15)6-4-8/h3-6,10-11,15-16,18H,7H2,1-2H3/t10-,11-,13-/m1/s1. The number of amides is 1. The predicted octanol–water partition coefficient (Wildman–Crippen LogP) is -0.113. The van der Waals surface area contributed by atoms with Crippen molar-refractivity contribution in [1.29, 1.82) is 0 Å². The first-order valence-corrected chi connectivity index (χ1v) is 5.79. The molecule has 1 saturated heterocycles. The van der Waals surface area contributed by atoms with Gasteiger partial charge in [0.25, 0.3) is 5.91 Å². The Bertz CT molecular complexity index is 455. The van der Waals surface area contributed by atoms with Crippen molar-refractivity contribution in [3.05, 3.63) is 29.8 Å². The summed E-state index contributed by atoms with van der Waals surface area (Å²) in [6, 6.07) is 6.10. The van der Waals surface area contributed by atoms with Crippen LogP contribution in [0.5, 0.6) is 5.75 Å². The fraction of sp³-hybridized carbons (Fsp3) is 0.462. The average molecular weight is 251 g/mol. The van der Waals surface area contributed by atoms with Gasteiger partial charge in [-0.2, -0.15) is 0 Å². The van der Waals surface area contributed by atoms with Crippen molar-refractivity contribution in [2.24, 2.45) is 0 Å². The van der Waals surface area contributed by atoms with E-state index in [1.807, 2.05) is 0 Å². The van der Waals surface area contributed by atoms with E-state index < -0.39 is 23.7 Å². The highest BCUT2D eigenvalue weighted by Crippen LogP contribution is 2.29. The lowest BCUT2D eigenvalue weighted by atomic mass is 9.94. The van der Waals surface area contributed by atoms with Crippen LogP contribution >= 0.6 is 0 Å². The predicted molar refractivity (Wildman–Crippen MR) is 65.0 cm³/mol. The Balaban J connectivity index is 2.19. The second-order valence-electron chi connectivity index (χ2n) is 4.95. The number of likely N-dealkylation sites (N-methyl/N-ethyl adjacent to an activating group) is 1. The fourth-order valence-corrected chi connectivity index (χ4v) is 2.34. The van der Waals surface area contributed by atoms with Crippen molar-refractivity contribution in [3.63, 3.8) is 0 Å². The molecule has 1 aromatic carbocycles. The monoisotopic (exact) mass is 251 g/mol. The van der Waals surface area contributed by atoms with Gasteiger partial charge in [0.1, 0.15) is 11.9 Å². The number of hydrogen-bond acceptors (Lipinski definition) is 4. The molecule has 3 N–H and O–H groups in total. The van der Waals surface area contributed by atoms with Crippen molar-refractivity contribution >= 4 is 5.91 Å². The van der Waals surface area contributed by atoms with E-state index in [0.717, 1.165) is 5.56 Å². The Morgan fingerprint density at radius 1 is 1.33 bits per heavy atom. The zero-order valence-electron chi connectivity index (χ0n) is 10.4. The van der Waals surface area contributed by atoms with E-state index in [1.165, 1.54) is 11.8 Å². The highest BCUT2D eigenvalue weighted by atomic mass is 16.4. The molecule has 5 nitrogen and oxygen atoms in total. The maximum absolute atomic E-state index is 11.8. The third-order valence-corrected chi connectivity index (χ3v) is 3.57. The molecule has 1 heterocycles. The minimum atomic E-state index is -1.73. The lowest BCUT2D eigenvalue weighted by Gasteiger charge is -2.22. The number of benzene rings is 1. The van der Waals surface area contributed by atoms with E-state index in [1.54, 1.807) is 31.3 Å². The largest absolute Gasteiger partial charge is 0.508 e. The van der Waals surface area contributed by atoms with E-state index in [4.69, 9.17) is 0 Å². The number of nitrogens with zero attached hydrogens (tertiary/aromatic N) is 1. The van der Waals surface area contributed by atoms with E-state index in [0.29, 0.717) is 6.42 Å². The van der Waals surface area contributed by atoms with Crippen LogP contribution in [0.2, 0.25) is 0 Å². The van der Waals surface area contributed by atoms with Crippen molar-refractivity contribution in [2.75, 3.05) is 7.05 Å². The minimum Gasteiger partial charge on any atom is -0.508 e. The molecule has 0 spiro atoms. The van der Waals surface area contributed by atoms with Crippen LogP contribution in [0.4, 0.5) is 0 Å². The molecule has 2 rings (SSSR count). The Kier molecular flexibility index (Phi) is 3.04. The van der Waals surface area contributed by atoms with Crippen LogP contribution in [0.15, 0.2) is 24.3 Å². The third kappa shape index (κ3) is 1.95. The first-order chi connectivity index (χ1) is 8.34. The molecule has 1 aliphatic heterocycles. The number of phenolic OH excluding ortho intramolecular Hbond substituents is 1. The van der Waals surface area contributed by atoms with Gasteiger partial charge < -0.3 is 20.2 Å². The lowest BCUT2D eigenvalue weighted by Crippen LogP contribution is -2.43. The lowest BCUT2D eigenvalue weighted by molar-refractivity contribution is -0.144. The van der Waals surface area contributed by atoms with Crippen LogP contribution in [0.1, 0.15) is 12.5 Å². The number of aromatic hydroxyl groups is 1. The molecule has 0 unspecified atom stereocenters. The number of likely N-dealkylation sites (tertiary alicyclic amines) is 1. The van der Waals surface area contributed by atoms with Crippen molar-refractivity contribution in [3.8, 4) is 5.75 Å². The summed E-state index contributed by atoms with van der Waals surface area (Å²) >= 11 is 0. The van der Waals surface area contributed by atoms with Crippen LogP contribution < -0.4 is 0 Å². The van der Waals surface area contributed by atoms with E-state index in [-0.39, 0.29) is 5.75 Å². The first kappa shape index (κ1) is 12.9. The number of rotatable bonds is 2. The summed E-state index contributed by atoms with van der Waals surface area (Å²) in [6.45, 7) is 1.33. The highest BCUT2D eigenvalue weighted by Gasteiger charge is 2.53. The molecule has 0 radical (unpaired) electrons. The topological polar surface area (TPSA) is 81.0 Å². The van der Waals surface area contributed by atoms with Crippen molar-refractivity contribution < 1.29 is 20.1 Å². The molecule has 1 aliphatic rings. The summed E-state index contributed by atoms with van der Waals surface area (Å²) in [5.41, 5.74) is -0.842. The van der Waals surface area contributed by atoms with Crippen molar-refractivity contribution in [2.45, 2.75) is 31.1 Å². The fourth-order valence-electron chi connectivity index (χ4n) is 2.34. The summed E-state index contributed by atoms with van der Waals surface area (Å²) in [7, 11) is 1.57. The molecule has 0 aliphatic carbocycles. The summed E-state index contributed by atoms with van der Waals surface area (Å²) < 4.78 is 0. The van der Waals surface area contributed by atoms with Gasteiger partial charge >= 0.3 is 0 Å². The minimum absolute atomic E-state index is 0.169. The highest BCUT2D eigenvalue weighted by molar-refractivity contribution is 5.88. The molecular formula is C13H17NO4. The maximum Gasteiger partial charge on any atom is 0.257 e. The molecular weight excluding hydrogens is 234 g/mol. The van der Waals surface area contributed by atoms with Gasteiger partial charge in [-0.3, -0.25) is 4.79 Å². The van der Waals surface area contributed by atoms with Gasteiger partial charge in [-0.1, -0.05) is 12.1 Å². The van der Waals surface area contributed by atoms with Gasteiger partial charge in [0.2, 0.25) is 0 Å². The van der Waals surface area contributed by atoms with Gasteiger partial charge in [0.05, 0.1) is 6.04 Å². The SMILES string of the molecule is CN1C(=O)[C@](C)(O)[C@H](O)[C@H]1Cc1ccc(O)cc1. The molecule has 98 valence electrons. The molecule has 1 fully saturated rings.